The van der Waals surface area contributed by atoms with Crippen LogP contribution in [0.15, 0.2) is 0 Å². The first-order chi connectivity index (χ1) is 5.87. The third kappa shape index (κ3) is 7.02. The zero-order chi connectivity index (χ0) is 10.5. The Balaban J connectivity index is 3.81. The van der Waals surface area contributed by atoms with Crippen molar-refractivity contribution in [1.82, 2.24) is 5.32 Å². The molecule has 0 aromatic heterocycles. The summed E-state index contributed by atoms with van der Waals surface area (Å²) < 4.78 is 22.4. The van der Waals surface area contributed by atoms with Crippen LogP contribution in [0, 0.1) is 5.92 Å². The molecule has 0 saturated heterocycles. The molecule has 0 aromatic carbocycles. The normalized spacial score (nSPS) is 14.8. The van der Waals surface area contributed by atoms with Gasteiger partial charge in [0.2, 0.25) is 0 Å². The molecule has 80 valence electrons. The molecular formula is C9H21NO2S. The second-order valence-corrected chi connectivity index (χ2v) is 6.30. The highest BCUT2D eigenvalue weighted by Gasteiger charge is 2.12. The van der Waals surface area contributed by atoms with Crippen LogP contribution >= 0.6 is 0 Å². The summed E-state index contributed by atoms with van der Waals surface area (Å²) in [6.07, 6.45) is 0. The molecule has 0 radical (unpaired) electrons. The highest BCUT2D eigenvalue weighted by atomic mass is 32.2. The van der Waals surface area contributed by atoms with E-state index in [2.05, 4.69) is 19.2 Å². The molecule has 1 unspecified atom stereocenters. The van der Waals surface area contributed by atoms with Crippen molar-refractivity contribution < 1.29 is 8.42 Å². The summed E-state index contributed by atoms with van der Waals surface area (Å²) in [6.45, 7) is 8.68. The smallest absolute Gasteiger partial charge is 0.151 e. The minimum atomic E-state index is -2.83. The largest absolute Gasteiger partial charge is 0.313 e. The predicted molar refractivity (Wildman–Crippen MR) is 56.6 cm³/mol. The van der Waals surface area contributed by atoms with Crippen LogP contribution in [0.4, 0.5) is 0 Å². The van der Waals surface area contributed by atoms with E-state index >= 15 is 0 Å². The molecule has 0 amide bonds. The van der Waals surface area contributed by atoms with Crippen molar-refractivity contribution in [3.63, 3.8) is 0 Å². The van der Waals surface area contributed by atoms with E-state index in [1.54, 1.807) is 6.92 Å². The van der Waals surface area contributed by atoms with Crippen LogP contribution in [-0.2, 0) is 9.84 Å². The van der Waals surface area contributed by atoms with Crippen molar-refractivity contribution in [2.24, 2.45) is 5.92 Å². The average molecular weight is 207 g/mol. The molecule has 0 aliphatic rings. The predicted octanol–water partition coefficient (Wildman–Crippen LogP) is 1.06. The zero-order valence-electron chi connectivity index (χ0n) is 9.00. The molecule has 1 atom stereocenters. The maximum absolute atomic E-state index is 11.2. The Morgan fingerprint density at radius 1 is 1.23 bits per heavy atom. The van der Waals surface area contributed by atoms with Crippen molar-refractivity contribution in [3.8, 4) is 0 Å². The molecule has 0 aliphatic heterocycles. The van der Waals surface area contributed by atoms with E-state index in [1.165, 1.54) is 0 Å². The van der Waals surface area contributed by atoms with E-state index in [4.69, 9.17) is 0 Å². The lowest BCUT2D eigenvalue weighted by Crippen LogP contribution is -2.35. The van der Waals surface area contributed by atoms with E-state index in [0.29, 0.717) is 5.92 Å². The van der Waals surface area contributed by atoms with Gasteiger partial charge in [0.15, 0.2) is 9.84 Å². The molecule has 0 bridgehead atoms. The molecule has 0 aromatic rings. The molecule has 0 rings (SSSR count). The highest BCUT2D eigenvalue weighted by molar-refractivity contribution is 7.91. The van der Waals surface area contributed by atoms with E-state index < -0.39 is 9.84 Å². The third-order valence-corrected chi connectivity index (χ3v) is 3.71. The van der Waals surface area contributed by atoms with Gasteiger partial charge in [0.25, 0.3) is 0 Å². The SMILES string of the molecule is CCS(=O)(=O)CC(C)NCC(C)C. The van der Waals surface area contributed by atoms with Gasteiger partial charge in [-0.3, -0.25) is 0 Å². The maximum Gasteiger partial charge on any atom is 0.151 e. The second-order valence-electron chi connectivity index (χ2n) is 3.90. The first-order valence-electron chi connectivity index (χ1n) is 4.81. The molecule has 0 fully saturated rings. The quantitative estimate of drug-likeness (QED) is 0.708. The van der Waals surface area contributed by atoms with Gasteiger partial charge in [-0.05, 0) is 19.4 Å². The standard InChI is InChI=1S/C9H21NO2S/c1-5-13(11,12)7-9(4)10-6-8(2)3/h8-10H,5-7H2,1-4H3. The summed E-state index contributed by atoms with van der Waals surface area (Å²) in [6, 6.07) is 0.0624. The van der Waals surface area contributed by atoms with Crippen molar-refractivity contribution in [1.29, 1.82) is 0 Å². The van der Waals surface area contributed by atoms with Gasteiger partial charge in [0, 0.05) is 11.8 Å². The first-order valence-corrected chi connectivity index (χ1v) is 6.63. The van der Waals surface area contributed by atoms with Crippen LogP contribution in [0.5, 0.6) is 0 Å². The Bertz CT molecular complexity index is 222. The second kappa shape index (κ2) is 5.60. The number of hydrogen-bond donors (Lipinski definition) is 1. The molecule has 13 heavy (non-hydrogen) atoms. The molecule has 0 spiro atoms. The number of hydrogen-bond acceptors (Lipinski definition) is 3. The van der Waals surface area contributed by atoms with Crippen molar-refractivity contribution in [2.75, 3.05) is 18.1 Å². The van der Waals surface area contributed by atoms with Gasteiger partial charge in [0.1, 0.15) is 0 Å². The Hall–Kier alpha value is -0.0900. The van der Waals surface area contributed by atoms with Crippen molar-refractivity contribution >= 4 is 9.84 Å². The Labute approximate surface area is 81.8 Å². The molecular weight excluding hydrogens is 186 g/mol. The topological polar surface area (TPSA) is 46.2 Å². The monoisotopic (exact) mass is 207 g/mol. The van der Waals surface area contributed by atoms with Gasteiger partial charge in [-0.15, -0.1) is 0 Å². The van der Waals surface area contributed by atoms with Gasteiger partial charge in [-0.2, -0.15) is 0 Å². The minimum Gasteiger partial charge on any atom is -0.313 e. The van der Waals surface area contributed by atoms with Crippen LogP contribution in [0.2, 0.25) is 0 Å². The highest BCUT2D eigenvalue weighted by Crippen LogP contribution is 1.96. The van der Waals surface area contributed by atoms with E-state index in [9.17, 15) is 8.42 Å². The number of nitrogens with one attached hydrogen (secondary N) is 1. The van der Waals surface area contributed by atoms with Crippen LogP contribution < -0.4 is 5.32 Å². The average Bonchev–Trinajstić information content (AvgIpc) is 2.00. The molecule has 0 aliphatic carbocycles. The Morgan fingerprint density at radius 3 is 2.15 bits per heavy atom. The van der Waals surface area contributed by atoms with Gasteiger partial charge in [0.05, 0.1) is 5.75 Å². The zero-order valence-corrected chi connectivity index (χ0v) is 9.82. The third-order valence-electron chi connectivity index (χ3n) is 1.82. The van der Waals surface area contributed by atoms with Gasteiger partial charge >= 0.3 is 0 Å². The van der Waals surface area contributed by atoms with Crippen LogP contribution in [-0.4, -0.2) is 32.5 Å². The molecule has 4 heteroatoms. The Kier molecular flexibility index (Phi) is 5.56. The maximum atomic E-state index is 11.2. The van der Waals surface area contributed by atoms with E-state index in [0.717, 1.165) is 6.54 Å². The lowest BCUT2D eigenvalue weighted by Gasteiger charge is -2.14. The van der Waals surface area contributed by atoms with Crippen molar-refractivity contribution in [2.45, 2.75) is 33.7 Å². The lowest BCUT2D eigenvalue weighted by atomic mass is 10.2. The van der Waals surface area contributed by atoms with Crippen LogP contribution in [0.3, 0.4) is 0 Å². The minimum absolute atomic E-state index is 0.0624. The fourth-order valence-electron chi connectivity index (χ4n) is 0.995. The number of rotatable bonds is 6. The Morgan fingerprint density at radius 2 is 1.77 bits per heavy atom. The van der Waals surface area contributed by atoms with Crippen LogP contribution in [0.25, 0.3) is 0 Å². The fourth-order valence-corrected chi connectivity index (χ4v) is 2.11. The first kappa shape index (κ1) is 12.9. The van der Waals surface area contributed by atoms with Gasteiger partial charge in [-0.25, -0.2) is 8.42 Å². The number of sulfone groups is 1. The molecule has 1 N–H and O–H groups in total. The van der Waals surface area contributed by atoms with Gasteiger partial charge in [-0.1, -0.05) is 20.8 Å². The summed E-state index contributed by atoms with van der Waals surface area (Å²) in [5.41, 5.74) is 0. The van der Waals surface area contributed by atoms with E-state index in [1.807, 2.05) is 6.92 Å². The summed E-state index contributed by atoms with van der Waals surface area (Å²) in [4.78, 5) is 0. The summed E-state index contributed by atoms with van der Waals surface area (Å²) in [5.74, 6) is 1.04. The fraction of sp³-hybridized carbons (Fsp3) is 1.00. The van der Waals surface area contributed by atoms with Gasteiger partial charge < -0.3 is 5.32 Å². The lowest BCUT2D eigenvalue weighted by molar-refractivity contribution is 0.500. The summed E-state index contributed by atoms with van der Waals surface area (Å²) in [7, 11) is -2.83. The summed E-state index contributed by atoms with van der Waals surface area (Å²) in [5, 5.41) is 3.19. The van der Waals surface area contributed by atoms with Crippen molar-refractivity contribution in [3.05, 3.63) is 0 Å². The molecule has 3 nitrogen and oxygen atoms in total. The van der Waals surface area contributed by atoms with Crippen LogP contribution in [0.1, 0.15) is 27.7 Å². The molecule has 0 heterocycles. The van der Waals surface area contributed by atoms with E-state index in [-0.39, 0.29) is 17.5 Å². The molecule has 0 saturated carbocycles. The summed E-state index contributed by atoms with van der Waals surface area (Å²) >= 11 is 0.